The van der Waals surface area contributed by atoms with Gasteiger partial charge in [0.2, 0.25) is 0 Å². The van der Waals surface area contributed by atoms with Gasteiger partial charge in [-0.05, 0) is 32.9 Å². The maximum Gasteiger partial charge on any atom is 0.344 e. The molecule has 6 nitrogen and oxygen atoms in total. The van der Waals surface area contributed by atoms with Crippen LogP contribution >= 0.6 is 0 Å². The van der Waals surface area contributed by atoms with Crippen LogP contribution in [0.5, 0.6) is 5.75 Å². The number of pyridine rings is 1. The first kappa shape index (κ1) is 16.5. The van der Waals surface area contributed by atoms with Crippen LogP contribution in [-0.4, -0.2) is 49.5 Å². The molecule has 1 aliphatic rings. The van der Waals surface area contributed by atoms with Gasteiger partial charge in [-0.25, -0.2) is 4.79 Å². The standard InChI is InChI=1S/C15H21FN2O4/c1-15(2,3)22-13(19)10-21-11-4-5-12(17-14(11)16)18-6-8-20-9-7-18/h4-5H,6-10H2,1-3H3. The fourth-order valence-corrected chi connectivity index (χ4v) is 2.00. The van der Waals surface area contributed by atoms with E-state index in [1.54, 1.807) is 26.8 Å². The van der Waals surface area contributed by atoms with Gasteiger partial charge in [0, 0.05) is 13.1 Å². The van der Waals surface area contributed by atoms with Gasteiger partial charge >= 0.3 is 5.97 Å². The summed E-state index contributed by atoms with van der Waals surface area (Å²) in [4.78, 5) is 17.4. The number of aromatic nitrogens is 1. The third-order valence-electron chi connectivity index (χ3n) is 2.90. The van der Waals surface area contributed by atoms with Crippen LogP contribution in [0, 0.1) is 5.95 Å². The first-order valence-corrected chi connectivity index (χ1v) is 7.19. The summed E-state index contributed by atoms with van der Waals surface area (Å²) in [6, 6.07) is 3.14. The molecule has 1 aliphatic heterocycles. The highest BCUT2D eigenvalue weighted by Gasteiger charge is 2.18. The van der Waals surface area contributed by atoms with Gasteiger partial charge in [0.05, 0.1) is 13.2 Å². The number of carbonyl (C=O) groups excluding carboxylic acids is 1. The van der Waals surface area contributed by atoms with E-state index in [9.17, 15) is 9.18 Å². The van der Waals surface area contributed by atoms with Crippen molar-refractivity contribution in [2.45, 2.75) is 26.4 Å². The van der Waals surface area contributed by atoms with Gasteiger partial charge in [-0.1, -0.05) is 0 Å². The Kier molecular flexibility index (Phi) is 5.18. The smallest absolute Gasteiger partial charge is 0.344 e. The highest BCUT2D eigenvalue weighted by Crippen LogP contribution is 2.21. The molecule has 2 heterocycles. The lowest BCUT2D eigenvalue weighted by atomic mass is 10.2. The zero-order valence-electron chi connectivity index (χ0n) is 13.1. The zero-order chi connectivity index (χ0) is 16.2. The molecule has 1 aromatic rings. The maximum absolute atomic E-state index is 13.9. The second-order valence-corrected chi connectivity index (χ2v) is 5.93. The number of hydrogen-bond donors (Lipinski definition) is 0. The van der Waals surface area contributed by atoms with Crippen LogP contribution in [0.1, 0.15) is 20.8 Å². The molecule has 0 spiro atoms. The Hall–Kier alpha value is -1.89. The molecule has 0 radical (unpaired) electrons. The van der Waals surface area contributed by atoms with Crippen LogP contribution in [0.2, 0.25) is 0 Å². The highest BCUT2D eigenvalue weighted by molar-refractivity contribution is 5.71. The van der Waals surface area contributed by atoms with Crippen LogP contribution in [0.15, 0.2) is 12.1 Å². The van der Waals surface area contributed by atoms with Crippen LogP contribution in [0.25, 0.3) is 0 Å². The van der Waals surface area contributed by atoms with E-state index in [1.165, 1.54) is 6.07 Å². The van der Waals surface area contributed by atoms with Crippen LogP contribution in [0.3, 0.4) is 0 Å². The Morgan fingerprint density at radius 3 is 2.64 bits per heavy atom. The summed E-state index contributed by atoms with van der Waals surface area (Å²) < 4.78 is 29.4. The van der Waals surface area contributed by atoms with E-state index in [2.05, 4.69) is 4.98 Å². The number of esters is 1. The Morgan fingerprint density at radius 2 is 2.05 bits per heavy atom. The molecule has 0 saturated carbocycles. The van der Waals surface area contributed by atoms with Crippen LogP contribution < -0.4 is 9.64 Å². The normalized spacial score (nSPS) is 15.5. The quantitative estimate of drug-likeness (QED) is 0.624. The molecule has 0 unspecified atom stereocenters. The lowest BCUT2D eigenvalue weighted by Gasteiger charge is -2.27. The molecule has 0 bridgehead atoms. The molecular weight excluding hydrogens is 291 g/mol. The Morgan fingerprint density at radius 1 is 1.36 bits per heavy atom. The predicted octanol–water partition coefficient (Wildman–Crippen LogP) is 1.78. The monoisotopic (exact) mass is 312 g/mol. The summed E-state index contributed by atoms with van der Waals surface area (Å²) in [5, 5.41) is 0. The largest absolute Gasteiger partial charge is 0.477 e. The van der Waals surface area contributed by atoms with Crippen molar-refractivity contribution in [3.05, 3.63) is 18.1 Å². The molecule has 1 saturated heterocycles. The number of ether oxygens (including phenoxy) is 3. The first-order chi connectivity index (χ1) is 10.3. The fourth-order valence-electron chi connectivity index (χ4n) is 2.00. The average Bonchev–Trinajstić information content (AvgIpc) is 2.45. The summed E-state index contributed by atoms with van der Waals surface area (Å²) in [7, 11) is 0. The molecular formula is C15H21FN2O4. The summed E-state index contributed by atoms with van der Waals surface area (Å²) in [6.07, 6.45) is 0. The van der Waals surface area contributed by atoms with Crippen LogP contribution in [0.4, 0.5) is 10.2 Å². The van der Waals surface area contributed by atoms with Crippen molar-refractivity contribution in [2.75, 3.05) is 37.8 Å². The second-order valence-electron chi connectivity index (χ2n) is 5.93. The molecule has 1 aromatic heterocycles. The molecule has 0 amide bonds. The second kappa shape index (κ2) is 6.91. The Bertz CT molecular complexity index is 525. The van der Waals surface area contributed by atoms with E-state index in [-0.39, 0.29) is 12.4 Å². The third kappa shape index (κ3) is 4.84. The van der Waals surface area contributed by atoms with Crippen molar-refractivity contribution >= 4 is 11.8 Å². The van der Waals surface area contributed by atoms with Gasteiger partial charge in [-0.15, -0.1) is 0 Å². The number of nitrogens with zero attached hydrogens (tertiary/aromatic N) is 2. The number of anilines is 1. The molecule has 0 aliphatic carbocycles. The molecule has 0 N–H and O–H groups in total. The zero-order valence-corrected chi connectivity index (χ0v) is 13.1. The topological polar surface area (TPSA) is 60.9 Å². The number of morpholine rings is 1. The summed E-state index contributed by atoms with van der Waals surface area (Å²) in [5.41, 5.74) is -0.600. The molecule has 2 rings (SSSR count). The minimum absolute atomic E-state index is 0.0668. The highest BCUT2D eigenvalue weighted by atomic mass is 19.1. The van der Waals surface area contributed by atoms with Gasteiger partial charge in [0.1, 0.15) is 11.4 Å². The predicted molar refractivity (Wildman–Crippen MR) is 78.6 cm³/mol. The summed E-state index contributed by atoms with van der Waals surface area (Å²) in [6.45, 7) is 7.45. The lowest BCUT2D eigenvalue weighted by Crippen LogP contribution is -2.36. The Balaban J connectivity index is 1.93. The molecule has 7 heteroatoms. The van der Waals surface area contributed by atoms with Gasteiger partial charge < -0.3 is 19.1 Å². The molecule has 0 atom stereocenters. The molecule has 22 heavy (non-hydrogen) atoms. The SMILES string of the molecule is CC(C)(C)OC(=O)COc1ccc(N2CCOCC2)nc1F. The average molecular weight is 312 g/mol. The summed E-state index contributed by atoms with van der Waals surface area (Å²) >= 11 is 0. The third-order valence-corrected chi connectivity index (χ3v) is 2.90. The number of halogens is 1. The minimum atomic E-state index is -0.743. The van der Waals surface area contributed by atoms with E-state index in [1.807, 2.05) is 4.90 Å². The van der Waals surface area contributed by atoms with Crippen molar-refractivity contribution in [3.8, 4) is 5.75 Å². The van der Waals surface area contributed by atoms with E-state index < -0.39 is 17.5 Å². The van der Waals surface area contributed by atoms with Crippen molar-refractivity contribution < 1.29 is 23.4 Å². The van der Waals surface area contributed by atoms with E-state index in [4.69, 9.17) is 14.2 Å². The van der Waals surface area contributed by atoms with Crippen molar-refractivity contribution in [3.63, 3.8) is 0 Å². The minimum Gasteiger partial charge on any atom is -0.477 e. The van der Waals surface area contributed by atoms with Gasteiger partial charge in [-0.2, -0.15) is 9.37 Å². The molecule has 122 valence electrons. The number of hydrogen-bond acceptors (Lipinski definition) is 6. The van der Waals surface area contributed by atoms with Crippen molar-refractivity contribution in [2.24, 2.45) is 0 Å². The first-order valence-electron chi connectivity index (χ1n) is 7.19. The fraction of sp³-hybridized carbons (Fsp3) is 0.600. The lowest BCUT2D eigenvalue weighted by molar-refractivity contribution is -0.157. The van der Waals surface area contributed by atoms with E-state index in [0.29, 0.717) is 32.1 Å². The maximum atomic E-state index is 13.9. The van der Waals surface area contributed by atoms with Crippen LogP contribution in [-0.2, 0) is 14.3 Å². The van der Waals surface area contributed by atoms with Gasteiger partial charge in [0.25, 0.3) is 5.95 Å². The number of carbonyl (C=O) groups is 1. The van der Waals surface area contributed by atoms with Crippen molar-refractivity contribution in [1.82, 2.24) is 4.98 Å². The number of rotatable bonds is 4. The summed E-state index contributed by atoms with van der Waals surface area (Å²) in [5.74, 6) is -0.829. The molecule has 0 aromatic carbocycles. The van der Waals surface area contributed by atoms with E-state index in [0.717, 1.165) is 0 Å². The van der Waals surface area contributed by atoms with Gasteiger partial charge in [0.15, 0.2) is 12.4 Å². The van der Waals surface area contributed by atoms with E-state index >= 15 is 0 Å². The Labute approximate surface area is 129 Å². The van der Waals surface area contributed by atoms with Crippen molar-refractivity contribution in [1.29, 1.82) is 0 Å². The van der Waals surface area contributed by atoms with Gasteiger partial charge in [-0.3, -0.25) is 0 Å². The molecule has 1 fully saturated rings.